The zero-order valence-corrected chi connectivity index (χ0v) is 18.1. The van der Waals surface area contributed by atoms with Crippen LogP contribution >= 0.6 is 11.6 Å². The van der Waals surface area contributed by atoms with Crippen LogP contribution in [0.2, 0.25) is 5.02 Å². The predicted molar refractivity (Wildman–Crippen MR) is 118 cm³/mol. The van der Waals surface area contributed by atoms with E-state index < -0.39 is 5.82 Å². The summed E-state index contributed by atoms with van der Waals surface area (Å²) in [4.78, 5) is 2.43. The second-order valence-corrected chi connectivity index (χ2v) is 8.14. The van der Waals surface area contributed by atoms with Crippen molar-refractivity contribution in [3.05, 3.63) is 76.3 Å². The Labute approximate surface area is 190 Å². The molecule has 0 saturated carbocycles. The summed E-state index contributed by atoms with van der Waals surface area (Å²) in [5.41, 5.74) is 1.96. The summed E-state index contributed by atoms with van der Waals surface area (Å²) >= 11 is 5.77. The van der Waals surface area contributed by atoms with Crippen molar-refractivity contribution in [1.82, 2.24) is 20.5 Å². The van der Waals surface area contributed by atoms with Crippen LogP contribution < -0.4 is 10.4 Å². The molecule has 1 saturated heterocycles. The zero-order valence-electron chi connectivity index (χ0n) is 17.3. The van der Waals surface area contributed by atoms with Gasteiger partial charge in [-0.3, -0.25) is 15.5 Å². The van der Waals surface area contributed by atoms with Crippen LogP contribution in [0.15, 0.2) is 53.2 Å². The lowest BCUT2D eigenvalue weighted by Gasteiger charge is -2.32. The van der Waals surface area contributed by atoms with Gasteiger partial charge in [0.05, 0.1) is 10.7 Å². The Bertz CT molecular complexity index is 1060. The van der Waals surface area contributed by atoms with E-state index in [1.807, 2.05) is 6.07 Å². The van der Waals surface area contributed by atoms with Crippen molar-refractivity contribution in [2.24, 2.45) is 0 Å². The third-order valence-corrected chi connectivity index (χ3v) is 5.82. The first-order chi connectivity index (χ1) is 15.5. The first kappa shape index (κ1) is 22.3. The number of hydrogen-bond donors (Lipinski definition) is 3. The Balaban J connectivity index is 1.30. The lowest BCUT2D eigenvalue weighted by atomic mass is 10.0. The minimum atomic E-state index is -0.613. The number of rotatable bonds is 7. The van der Waals surface area contributed by atoms with Crippen molar-refractivity contribution in [3.63, 3.8) is 0 Å². The number of aromatic nitrogens is 2. The van der Waals surface area contributed by atoms with E-state index in [4.69, 9.17) is 21.6 Å². The van der Waals surface area contributed by atoms with Crippen molar-refractivity contribution in [2.45, 2.75) is 32.0 Å². The molecule has 1 aromatic heterocycles. The van der Waals surface area contributed by atoms with Gasteiger partial charge < -0.3 is 5.32 Å². The standard InChI is InChI=1S/C22H24ClFN6O2/c23-18-12-17(6-7-19(18)24)30(31)22(25)21-20(27-32-28-21)13-26-16-8-10-29(11-9-16)14-15-4-2-1-3-5-15/h1-7,12,16,25-26,31H,8-11,13-14H2. The van der Waals surface area contributed by atoms with Crippen molar-refractivity contribution in [3.8, 4) is 0 Å². The van der Waals surface area contributed by atoms with Gasteiger partial charge in [-0.1, -0.05) is 47.1 Å². The van der Waals surface area contributed by atoms with Crippen molar-refractivity contribution < 1.29 is 14.2 Å². The van der Waals surface area contributed by atoms with E-state index in [1.165, 1.54) is 17.7 Å². The number of nitrogens with zero attached hydrogens (tertiary/aromatic N) is 4. The smallest absolute Gasteiger partial charge is 0.182 e. The molecule has 168 valence electrons. The van der Waals surface area contributed by atoms with E-state index in [9.17, 15) is 9.60 Å². The number of hydroxylamine groups is 1. The average Bonchev–Trinajstić information content (AvgIpc) is 3.29. The number of benzene rings is 2. The van der Waals surface area contributed by atoms with Crippen LogP contribution in [0.25, 0.3) is 0 Å². The molecule has 3 aromatic rings. The fraction of sp³-hybridized carbons (Fsp3) is 0.318. The van der Waals surface area contributed by atoms with Crippen LogP contribution in [0.4, 0.5) is 10.1 Å². The lowest BCUT2D eigenvalue weighted by molar-refractivity contribution is 0.189. The number of amidine groups is 1. The minimum Gasteiger partial charge on any atom is -0.308 e. The molecule has 0 bridgehead atoms. The number of nitrogens with one attached hydrogen (secondary N) is 2. The van der Waals surface area contributed by atoms with Crippen LogP contribution in [0.5, 0.6) is 0 Å². The van der Waals surface area contributed by atoms with Crippen LogP contribution in [0, 0.1) is 11.2 Å². The molecule has 0 amide bonds. The number of likely N-dealkylation sites (tertiary alicyclic amines) is 1. The van der Waals surface area contributed by atoms with Crippen LogP contribution in [0.1, 0.15) is 29.8 Å². The van der Waals surface area contributed by atoms with E-state index in [2.05, 4.69) is 44.8 Å². The fourth-order valence-corrected chi connectivity index (χ4v) is 3.90. The summed E-state index contributed by atoms with van der Waals surface area (Å²) in [7, 11) is 0. The number of hydrogen-bond acceptors (Lipinski definition) is 7. The number of piperidine rings is 1. The van der Waals surface area contributed by atoms with E-state index in [0.29, 0.717) is 23.3 Å². The zero-order chi connectivity index (χ0) is 22.5. The summed E-state index contributed by atoms with van der Waals surface area (Å²) < 4.78 is 18.2. The van der Waals surface area contributed by atoms with Gasteiger partial charge in [-0.2, -0.15) is 0 Å². The van der Waals surface area contributed by atoms with Gasteiger partial charge in [-0.25, -0.2) is 14.1 Å². The Hall–Kier alpha value is -2.85. The van der Waals surface area contributed by atoms with E-state index >= 15 is 0 Å². The maximum Gasteiger partial charge on any atom is 0.182 e. The maximum atomic E-state index is 13.4. The van der Waals surface area contributed by atoms with E-state index in [0.717, 1.165) is 38.5 Å². The van der Waals surface area contributed by atoms with E-state index in [1.54, 1.807) is 0 Å². The first-order valence-corrected chi connectivity index (χ1v) is 10.7. The van der Waals surface area contributed by atoms with Gasteiger partial charge in [0.25, 0.3) is 0 Å². The van der Waals surface area contributed by atoms with Gasteiger partial charge in [0.2, 0.25) is 0 Å². The molecule has 1 aliphatic rings. The first-order valence-electron chi connectivity index (χ1n) is 10.4. The summed E-state index contributed by atoms with van der Waals surface area (Å²) in [5, 5.41) is 30.1. The summed E-state index contributed by atoms with van der Waals surface area (Å²) in [6.45, 7) is 3.27. The van der Waals surface area contributed by atoms with Gasteiger partial charge >= 0.3 is 0 Å². The Morgan fingerprint density at radius 1 is 1.22 bits per heavy atom. The largest absolute Gasteiger partial charge is 0.308 e. The monoisotopic (exact) mass is 458 g/mol. The Morgan fingerprint density at radius 3 is 2.69 bits per heavy atom. The highest BCUT2D eigenvalue weighted by atomic mass is 35.5. The molecule has 0 spiro atoms. The normalized spacial score (nSPS) is 15.1. The van der Waals surface area contributed by atoms with Crippen molar-refractivity contribution >= 4 is 23.1 Å². The molecule has 0 unspecified atom stereocenters. The molecular formula is C22H24ClFN6O2. The summed E-state index contributed by atoms with van der Waals surface area (Å²) in [6.07, 6.45) is 1.98. The fourth-order valence-electron chi connectivity index (χ4n) is 3.73. The number of halogens is 2. The third-order valence-electron chi connectivity index (χ3n) is 5.54. The molecule has 0 aliphatic carbocycles. The maximum absolute atomic E-state index is 13.4. The molecule has 2 heterocycles. The quantitative estimate of drug-likeness (QED) is 0.281. The van der Waals surface area contributed by atoms with Gasteiger partial charge in [0.1, 0.15) is 11.5 Å². The molecule has 8 nitrogen and oxygen atoms in total. The molecule has 2 aromatic carbocycles. The summed E-state index contributed by atoms with van der Waals surface area (Å²) in [6, 6.07) is 14.4. The Kier molecular flexibility index (Phi) is 7.11. The molecular weight excluding hydrogens is 435 g/mol. The molecule has 0 atom stereocenters. The molecule has 10 heteroatoms. The van der Waals surface area contributed by atoms with Crippen LogP contribution in [0.3, 0.4) is 0 Å². The van der Waals surface area contributed by atoms with Crippen LogP contribution in [-0.2, 0) is 13.1 Å². The highest BCUT2D eigenvalue weighted by Gasteiger charge is 2.24. The average molecular weight is 459 g/mol. The van der Waals surface area contributed by atoms with Gasteiger partial charge in [0.15, 0.2) is 11.5 Å². The molecule has 1 fully saturated rings. The topological polar surface area (TPSA) is 102 Å². The highest BCUT2D eigenvalue weighted by molar-refractivity contribution is 6.31. The molecule has 4 rings (SSSR count). The second kappa shape index (κ2) is 10.2. The van der Waals surface area contributed by atoms with Gasteiger partial charge in [-0.15, -0.1) is 0 Å². The van der Waals surface area contributed by atoms with E-state index in [-0.39, 0.29) is 22.2 Å². The van der Waals surface area contributed by atoms with Crippen molar-refractivity contribution in [1.29, 1.82) is 5.41 Å². The second-order valence-electron chi connectivity index (χ2n) is 7.74. The number of anilines is 1. The predicted octanol–water partition coefficient (Wildman–Crippen LogP) is 3.84. The molecule has 1 aliphatic heterocycles. The lowest BCUT2D eigenvalue weighted by Crippen LogP contribution is -2.42. The highest BCUT2D eigenvalue weighted by Crippen LogP contribution is 2.23. The van der Waals surface area contributed by atoms with Crippen LogP contribution in [-0.4, -0.2) is 45.4 Å². The molecule has 3 N–H and O–H groups in total. The third kappa shape index (κ3) is 5.31. The van der Waals surface area contributed by atoms with Crippen molar-refractivity contribution in [2.75, 3.05) is 18.2 Å². The Morgan fingerprint density at radius 2 is 1.97 bits per heavy atom. The SMILES string of the molecule is N=C(c1nonc1CNC1CCN(Cc2ccccc2)CC1)N(O)c1ccc(F)c(Cl)c1. The minimum absolute atomic E-state index is 0.0990. The molecule has 32 heavy (non-hydrogen) atoms. The molecule has 0 radical (unpaired) electrons. The van der Waals surface area contributed by atoms with Gasteiger partial charge in [-0.05, 0) is 54.9 Å². The van der Waals surface area contributed by atoms with Gasteiger partial charge in [0, 0.05) is 19.1 Å². The summed E-state index contributed by atoms with van der Waals surface area (Å²) in [5.74, 6) is -0.957.